The quantitative estimate of drug-likeness (QED) is 0.448. The van der Waals surface area contributed by atoms with Crippen LogP contribution in [0.3, 0.4) is 0 Å². The summed E-state index contributed by atoms with van der Waals surface area (Å²) < 4.78 is 5.18. The number of thioether (sulfide) groups is 1. The van der Waals surface area contributed by atoms with Gasteiger partial charge < -0.3 is 15.0 Å². The maximum atomic E-state index is 13.2. The number of amides is 3. The third-order valence-corrected chi connectivity index (χ3v) is 5.98. The summed E-state index contributed by atoms with van der Waals surface area (Å²) in [7, 11) is 1.59. The molecule has 1 aliphatic heterocycles. The summed E-state index contributed by atoms with van der Waals surface area (Å²) in [6.45, 7) is 3.44. The molecule has 164 valence electrons. The number of nitrogens with zero attached hydrogens (tertiary/aromatic N) is 1. The Bertz CT molecular complexity index is 978. The van der Waals surface area contributed by atoms with Gasteiger partial charge in [-0.3, -0.25) is 19.6 Å². The van der Waals surface area contributed by atoms with Crippen molar-refractivity contribution in [2.45, 2.75) is 36.5 Å². The lowest BCUT2D eigenvalue weighted by Gasteiger charge is -2.33. The van der Waals surface area contributed by atoms with Gasteiger partial charge in [-0.05, 0) is 56.2 Å². The second-order valence-corrected chi connectivity index (χ2v) is 8.67. The van der Waals surface area contributed by atoms with E-state index in [9.17, 15) is 14.4 Å². The van der Waals surface area contributed by atoms with Crippen molar-refractivity contribution in [1.29, 1.82) is 0 Å². The van der Waals surface area contributed by atoms with E-state index in [4.69, 9.17) is 9.94 Å². The fourth-order valence-corrected chi connectivity index (χ4v) is 4.57. The van der Waals surface area contributed by atoms with E-state index < -0.39 is 11.2 Å². The van der Waals surface area contributed by atoms with E-state index in [2.05, 4.69) is 5.32 Å². The average Bonchev–Trinajstić information content (AvgIpc) is 2.76. The van der Waals surface area contributed by atoms with E-state index in [1.54, 1.807) is 30.8 Å². The Morgan fingerprint density at radius 3 is 2.52 bits per heavy atom. The van der Waals surface area contributed by atoms with Crippen LogP contribution in [0.5, 0.6) is 5.75 Å². The lowest BCUT2D eigenvalue weighted by atomic mass is 10.1. The SMILES string of the molecule is COc1ccc(CC2Sc3cc(C(=O)NC(C)C)ccc3N(CC(=O)NO)C2=O)cc1. The number of anilines is 1. The van der Waals surface area contributed by atoms with Gasteiger partial charge >= 0.3 is 0 Å². The van der Waals surface area contributed by atoms with Crippen molar-refractivity contribution in [2.75, 3.05) is 18.6 Å². The standard InChI is InChI=1S/C22H25N3O5S/c1-13(2)23-21(27)15-6-9-17-18(11-15)31-19(22(28)25(17)12-20(26)24-29)10-14-4-7-16(30-3)8-5-14/h4-9,11,13,19,29H,10,12H2,1-3H3,(H,23,27)(H,24,26). The van der Waals surface area contributed by atoms with Crippen LogP contribution in [0.2, 0.25) is 0 Å². The molecule has 1 heterocycles. The van der Waals surface area contributed by atoms with Gasteiger partial charge in [0.05, 0.1) is 18.0 Å². The summed E-state index contributed by atoms with van der Waals surface area (Å²) in [5, 5.41) is 11.3. The molecule has 9 heteroatoms. The normalized spacial score (nSPS) is 15.5. The molecular weight excluding hydrogens is 418 g/mol. The van der Waals surface area contributed by atoms with Crippen molar-refractivity contribution in [1.82, 2.24) is 10.8 Å². The highest BCUT2D eigenvalue weighted by atomic mass is 32.2. The number of ether oxygens (including phenoxy) is 1. The number of nitrogens with one attached hydrogen (secondary N) is 2. The third kappa shape index (κ3) is 5.36. The molecule has 0 spiro atoms. The second kappa shape index (κ2) is 9.84. The van der Waals surface area contributed by atoms with Gasteiger partial charge in [0, 0.05) is 16.5 Å². The molecule has 0 saturated carbocycles. The molecule has 3 rings (SSSR count). The molecule has 1 aliphatic rings. The Balaban J connectivity index is 1.92. The zero-order chi connectivity index (χ0) is 22.5. The van der Waals surface area contributed by atoms with Crippen molar-refractivity contribution >= 4 is 35.2 Å². The highest BCUT2D eigenvalue weighted by molar-refractivity contribution is 8.01. The fraction of sp³-hybridized carbons (Fsp3) is 0.318. The smallest absolute Gasteiger partial charge is 0.263 e. The number of hydroxylamine groups is 1. The van der Waals surface area contributed by atoms with Crippen LogP contribution >= 0.6 is 11.8 Å². The predicted octanol–water partition coefficient (Wildman–Crippen LogP) is 2.39. The second-order valence-electron chi connectivity index (χ2n) is 7.43. The summed E-state index contributed by atoms with van der Waals surface area (Å²) in [6.07, 6.45) is 0.437. The minimum absolute atomic E-state index is 0.00895. The largest absolute Gasteiger partial charge is 0.497 e. The minimum atomic E-state index is -0.698. The fourth-order valence-electron chi connectivity index (χ4n) is 3.26. The van der Waals surface area contributed by atoms with Crippen molar-refractivity contribution in [3.63, 3.8) is 0 Å². The molecule has 31 heavy (non-hydrogen) atoms. The van der Waals surface area contributed by atoms with Gasteiger partial charge in [-0.25, -0.2) is 5.48 Å². The lowest BCUT2D eigenvalue weighted by molar-refractivity contribution is -0.129. The minimum Gasteiger partial charge on any atom is -0.497 e. The Hall–Kier alpha value is -3.04. The van der Waals surface area contributed by atoms with Gasteiger partial charge in [-0.1, -0.05) is 12.1 Å². The number of benzene rings is 2. The molecule has 0 bridgehead atoms. The van der Waals surface area contributed by atoms with Crippen molar-refractivity contribution in [3.05, 3.63) is 53.6 Å². The highest BCUT2D eigenvalue weighted by Gasteiger charge is 2.35. The van der Waals surface area contributed by atoms with Gasteiger partial charge in [0.25, 0.3) is 11.8 Å². The van der Waals surface area contributed by atoms with Crippen LogP contribution < -0.4 is 20.4 Å². The van der Waals surface area contributed by atoms with Crippen molar-refractivity contribution in [2.24, 2.45) is 0 Å². The van der Waals surface area contributed by atoms with E-state index in [1.807, 2.05) is 38.1 Å². The maximum absolute atomic E-state index is 13.2. The Morgan fingerprint density at radius 1 is 1.19 bits per heavy atom. The first-order valence-electron chi connectivity index (χ1n) is 9.81. The number of hydrogen-bond acceptors (Lipinski definition) is 6. The zero-order valence-corrected chi connectivity index (χ0v) is 18.4. The van der Waals surface area contributed by atoms with Gasteiger partial charge in [0.1, 0.15) is 12.3 Å². The molecule has 1 unspecified atom stereocenters. The summed E-state index contributed by atoms with van der Waals surface area (Å²) in [5.74, 6) is -0.423. The third-order valence-electron chi connectivity index (χ3n) is 4.75. The first-order valence-corrected chi connectivity index (χ1v) is 10.7. The number of methoxy groups -OCH3 is 1. The van der Waals surface area contributed by atoms with E-state index in [0.717, 1.165) is 16.2 Å². The Morgan fingerprint density at radius 2 is 1.90 bits per heavy atom. The molecule has 0 aliphatic carbocycles. The van der Waals surface area contributed by atoms with Gasteiger partial charge in [-0.2, -0.15) is 0 Å². The molecule has 3 amide bonds. The molecule has 2 aromatic rings. The summed E-state index contributed by atoms with van der Waals surface area (Å²) in [6, 6.07) is 12.4. The summed E-state index contributed by atoms with van der Waals surface area (Å²) in [4.78, 5) is 39.5. The number of hydrogen-bond donors (Lipinski definition) is 3. The average molecular weight is 444 g/mol. The lowest BCUT2D eigenvalue weighted by Crippen LogP contribution is -2.46. The van der Waals surface area contributed by atoms with Crippen LogP contribution in [-0.4, -0.2) is 47.9 Å². The number of fused-ring (bicyclic) bond motifs is 1. The highest BCUT2D eigenvalue weighted by Crippen LogP contribution is 2.41. The molecule has 2 aromatic carbocycles. The molecule has 1 atom stereocenters. The Labute approximate surface area is 184 Å². The van der Waals surface area contributed by atoms with Gasteiger partial charge in [0.15, 0.2) is 0 Å². The monoisotopic (exact) mass is 443 g/mol. The first-order chi connectivity index (χ1) is 14.8. The molecule has 3 N–H and O–H groups in total. The van der Waals surface area contributed by atoms with Crippen LogP contribution in [0.15, 0.2) is 47.4 Å². The number of carbonyl (C=O) groups is 3. The topological polar surface area (TPSA) is 108 Å². The van der Waals surface area contributed by atoms with E-state index in [0.29, 0.717) is 17.7 Å². The van der Waals surface area contributed by atoms with E-state index in [1.165, 1.54) is 16.7 Å². The van der Waals surface area contributed by atoms with Crippen LogP contribution in [0.25, 0.3) is 0 Å². The summed E-state index contributed by atoms with van der Waals surface area (Å²) in [5.41, 5.74) is 3.52. The van der Waals surface area contributed by atoms with Gasteiger partial charge in [-0.15, -0.1) is 11.8 Å². The van der Waals surface area contributed by atoms with Crippen LogP contribution in [0.4, 0.5) is 5.69 Å². The molecule has 0 saturated heterocycles. The van der Waals surface area contributed by atoms with Crippen molar-refractivity contribution in [3.8, 4) is 5.75 Å². The predicted molar refractivity (Wildman–Crippen MR) is 118 cm³/mol. The first kappa shape index (κ1) is 22.6. The van der Waals surface area contributed by atoms with Crippen molar-refractivity contribution < 1.29 is 24.3 Å². The summed E-state index contributed by atoms with van der Waals surface area (Å²) >= 11 is 1.36. The van der Waals surface area contributed by atoms with Crippen LogP contribution in [0.1, 0.15) is 29.8 Å². The molecule has 0 aromatic heterocycles. The van der Waals surface area contributed by atoms with Gasteiger partial charge in [0.2, 0.25) is 5.91 Å². The Kier molecular flexibility index (Phi) is 7.19. The molecule has 0 fully saturated rings. The van der Waals surface area contributed by atoms with E-state index in [-0.39, 0.29) is 24.4 Å². The molecule has 0 radical (unpaired) electrons. The van der Waals surface area contributed by atoms with E-state index >= 15 is 0 Å². The van der Waals surface area contributed by atoms with Crippen LogP contribution in [0, 0.1) is 0 Å². The maximum Gasteiger partial charge on any atom is 0.263 e. The molecule has 8 nitrogen and oxygen atoms in total. The van der Waals surface area contributed by atoms with Crippen LogP contribution in [-0.2, 0) is 16.0 Å². The zero-order valence-electron chi connectivity index (χ0n) is 17.5. The number of rotatable bonds is 7. The molecular formula is C22H25N3O5S. The number of carbonyl (C=O) groups excluding carboxylic acids is 3.